The number of para-hydroxylation sites is 4. The monoisotopic (exact) mass is 1170 g/mol. The van der Waals surface area contributed by atoms with Gasteiger partial charge in [-0.3, -0.25) is 0 Å². The lowest BCUT2D eigenvalue weighted by atomic mass is 9.33. The van der Waals surface area contributed by atoms with Crippen LogP contribution in [-0.4, -0.2) is 11.3 Å². The maximum absolute atomic E-state index is 2.69. The van der Waals surface area contributed by atoms with Crippen LogP contribution in [0.2, 0.25) is 0 Å². The molecule has 17 aromatic rings. The maximum Gasteiger partial charge on any atom is 0.252 e. The normalized spacial score (nSPS) is 12.5. The van der Waals surface area contributed by atoms with Crippen molar-refractivity contribution in [2.45, 2.75) is 0 Å². The van der Waals surface area contributed by atoms with Crippen LogP contribution in [0.1, 0.15) is 0 Å². The molecular formula is C88H56BN3. The molecule has 0 aliphatic carbocycles. The smallest absolute Gasteiger partial charge is 0.252 e. The fraction of sp³-hybridized carbons (Fsp3) is 0. The van der Waals surface area contributed by atoms with Crippen LogP contribution < -0.4 is 26.2 Å². The number of hydrogen-bond acceptors (Lipinski definition) is 2. The lowest BCUT2D eigenvalue weighted by molar-refractivity contribution is 1.16. The van der Waals surface area contributed by atoms with Crippen LogP contribution >= 0.6 is 0 Å². The molecule has 0 fully saturated rings. The van der Waals surface area contributed by atoms with E-state index >= 15 is 0 Å². The van der Waals surface area contributed by atoms with Crippen molar-refractivity contribution in [1.82, 2.24) is 4.57 Å². The number of rotatable bonds is 9. The van der Waals surface area contributed by atoms with Gasteiger partial charge in [0.25, 0.3) is 6.71 Å². The van der Waals surface area contributed by atoms with Crippen LogP contribution in [0.4, 0.5) is 34.1 Å². The van der Waals surface area contributed by atoms with Crippen LogP contribution in [0.15, 0.2) is 340 Å². The van der Waals surface area contributed by atoms with Gasteiger partial charge in [0.05, 0.1) is 28.1 Å². The van der Waals surface area contributed by atoms with E-state index in [1.807, 2.05) is 0 Å². The molecule has 0 atom stereocenters. The van der Waals surface area contributed by atoms with E-state index in [-0.39, 0.29) is 6.71 Å². The molecule has 1 aromatic heterocycles. The van der Waals surface area contributed by atoms with Crippen molar-refractivity contribution in [3.8, 4) is 72.4 Å². The standard InChI is InChI=1S/C88H56BN3/c1-6-23-57(24-7-1)65-48-52-80-77(53-65)89-76-51-47-66(68-49-45-64-44-43-62-33-20-34-63-46-50-75(68)85(64)84(62)63)54-81(76)92(88-71(60-29-12-4-13-30-60)39-22-40-72(88)61-31-14-5-15-32-61)83-56-67(90-78-41-18-16-35-73(78)74-36-17-19-42-79(74)90)55-82(86(83)89)91(80)87-69(58-25-8-2-9-26-58)37-21-38-70(87)59-27-10-3-11-28-59/h1-56H. The highest BCUT2D eigenvalue weighted by Crippen LogP contribution is 2.54. The van der Waals surface area contributed by atoms with E-state index in [0.29, 0.717) is 0 Å². The highest BCUT2D eigenvalue weighted by Gasteiger charge is 2.46. The predicted molar refractivity (Wildman–Crippen MR) is 391 cm³/mol. The van der Waals surface area contributed by atoms with Crippen LogP contribution in [0.3, 0.4) is 0 Å². The van der Waals surface area contributed by atoms with Crippen molar-refractivity contribution in [2.24, 2.45) is 0 Å². The molecule has 4 heteroatoms. The summed E-state index contributed by atoms with van der Waals surface area (Å²) in [6, 6.07) is 127. The van der Waals surface area contributed by atoms with E-state index in [4.69, 9.17) is 0 Å². The van der Waals surface area contributed by atoms with E-state index in [2.05, 4.69) is 354 Å². The molecule has 92 heavy (non-hydrogen) atoms. The van der Waals surface area contributed by atoms with Crippen molar-refractivity contribution in [3.63, 3.8) is 0 Å². The van der Waals surface area contributed by atoms with Gasteiger partial charge in [0.15, 0.2) is 0 Å². The molecule has 19 rings (SSSR count). The van der Waals surface area contributed by atoms with Crippen molar-refractivity contribution in [2.75, 3.05) is 9.80 Å². The number of aromatic nitrogens is 1. The molecule has 0 amide bonds. The van der Waals surface area contributed by atoms with Crippen molar-refractivity contribution in [3.05, 3.63) is 340 Å². The molecule has 426 valence electrons. The zero-order chi connectivity index (χ0) is 60.4. The number of fused-ring (bicyclic) bond motifs is 7. The Hall–Kier alpha value is -12.0. The Morgan fingerprint density at radius 1 is 0.228 bits per heavy atom. The summed E-state index contributed by atoms with van der Waals surface area (Å²) in [4.78, 5) is 5.35. The van der Waals surface area contributed by atoms with Gasteiger partial charge in [-0.25, -0.2) is 0 Å². The average Bonchev–Trinajstić information content (AvgIpc) is 0.742. The fourth-order valence-electron chi connectivity index (χ4n) is 15.7. The molecule has 3 heterocycles. The molecule has 0 N–H and O–H groups in total. The first kappa shape index (κ1) is 52.0. The largest absolute Gasteiger partial charge is 0.310 e. The number of hydrogen-bond donors (Lipinski definition) is 0. The molecule has 2 aliphatic rings. The number of anilines is 6. The minimum Gasteiger partial charge on any atom is -0.310 e. The quantitative estimate of drug-likeness (QED) is 0.105. The van der Waals surface area contributed by atoms with Crippen LogP contribution in [0.5, 0.6) is 0 Å². The average molecular weight is 1170 g/mol. The van der Waals surface area contributed by atoms with Gasteiger partial charge in [-0.2, -0.15) is 0 Å². The molecular weight excluding hydrogens is 1110 g/mol. The molecule has 0 spiro atoms. The highest BCUT2D eigenvalue weighted by molar-refractivity contribution is 7.00. The first-order chi connectivity index (χ1) is 45.7. The third-order valence-electron chi connectivity index (χ3n) is 19.7. The van der Waals surface area contributed by atoms with Gasteiger partial charge in [0.2, 0.25) is 0 Å². The van der Waals surface area contributed by atoms with Crippen molar-refractivity contribution in [1.29, 1.82) is 0 Å². The van der Waals surface area contributed by atoms with Crippen LogP contribution in [0, 0.1) is 0 Å². The summed E-state index contributed by atoms with van der Waals surface area (Å²) in [5, 5.41) is 10.1. The van der Waals surface area contributed by atoms with Gasteiger partial charge in [0.1, 0.15) is 0 Å². The predicted octanol–water partition coefficient (Wildman–Crippen LogP) is 21.8. The van der Waals surface area contributed by atoms with Gasteiger partial charge in [0, 0.05) is 55.8 Å². The molecule has 3 nitrogen and oxygen atoms in total. The minimum atomic E-state index is -0.225. The van der Waals surface area contributed by atoms with Crippen molar-refractivity contribution >= 4 is 111 Å². The maximum atomic E-state index is 2.69. The second-order valence-corrected chi connectivity index (χ2v) is 24.6. The van der Waals surface area contributed by atoms with E-state index in [9.17, 15) is 0 Å². The van der Waals surface area contributed by atoms with Gasteiger partial charge in [-0.15, -0.1) is 0 Å². The molecule has 0 saturated heterocycles. The summed E-state index contributed by atoms with van der Waals surface area (Å²) in [6.07, 6.45) is 0. The zero-order valence-corrected chi connectivity index (χ0v) is 50.3. The first-order valence-electron chi connectivity index (χ1n) is 31.9. The lowest BCUT2D eigenvalue weighted by Crippen LogP contribution is -2.61. The third kappa shape index (κ3) is 7.97. The van der Waals surface area contributed by atoms with Gasteiger partial charge in [-0.05, 0) is 130 Å². The molecule has 0 bridgehead atoms. The van der Waals surface area contributed by atoms with E-state index in [0.717, 1.165) is 101 Å². The first-order valence-corrected chi connectivity index (χ1v) is 31.9. The van der Waals surface area contributed by atoms with Gasteiger partial charge in [-0.1, -0.05) is 303 Å². The topological polar surface area (TPSA) is 11.4 Å². The van der Waals surface area contributed by atoms with Gasteiger partial charge >= 0.3 is 0 Å². The SMILES string of the molecule is c1ccc(-c2ccc3c(c2)B2c4ccc(-c5ccc6ccc7cccc8ccc5c6c78)cc4N(c4c(-c5ccccc5)cccc4-c4ccccc4)c4cc(-n5c6ccccc6c6ccccc65)cc(c42)N3c2c(-c3ccccc3)cccc2-c2ccccc2)cc1. The Kier molecular flexibility index (Phi) is 11.8. The van der Waals surface area contributed by atoms with Crippen LogP contribution in [0.25, 0.3) is 127 Å². The Morgan fingerprint density at radius 2 is 0.663 bits per heavy atom. The number of benzene rings is 16. The summed E-state index contributed by atoms with van der Waals surface area (Å²) in [6.45, 7) is -0.225. The zero-order valence-electron chi connectivity index (χ0n) is 50.3. The Labute approximate surface area is 534 Å². The minimum absolute atomic E-state index is 0.225. The highest BCUT2D eigenvalue weighted by atomic mass is 15.2. The summed E-state index contributed by atoms with van der Waals surface area (Å²) in [5.41, 5.74) is 27.7. The van der Waals surface area contributed by atoms with E-state index in [1.54, 1.807) is 0 Å². The fourth-order valence-corrected chi connectivity index (χ4v) is 15.7. The molecule has 2 aliphatic heterocycles. The van der Waals surface area contributed by atoms with E-state index < -0.39 is 0 Å². The van der Waals surface area contributed by atoms with Gasteiger partial charge < -0.3 is 14.4 Å². The summed E-state index contributed by atoms with van der Waals surface area (Å²) < 4.78 is 2.53. The summed E-state index contributed by atoms with van der Waals surface area (Å²) in [7, 11) is 0. The lowest BCUT2D eigenvalue weighted by Gasteiger charge is -2.46. The molecule has 0 saturated carbocycles. The Bertz CT molecular complexity index is 5580. The van der Waals surface area contributed by atoms with E-state index in [1.165, 1.54) is 76.2 Å². The van der Waals surface area contributed by atoms with Crippen LogP contribution in [-0.2, 0) is 0 Å². The second-order valence-electron chi connectivity index (χ2n) is 24.6. The summed E-state index contributed by atoms with van der Waals surface area (Å²) >= 11 is 0. The third-order valence-corrected chi connectivity index (χ3v) is 19.7. The molecule has 16 aromatic carbocycles. The summed E-state index contributed by atoms with van der Waals surface area (Å²) in [5.74, 6) is 0. The molecule has 0 unspecified atom stereocenters. The van der Waals surface area contributed by atoms with Crippen molar-refractivity contribution < 1.29 is 0 Å². The number of nitrogens with zero attached hydrogens (tertiary/aromatic N) is 3. The Balaban J connectivity index is 1.00. The molecule has 0 radical (unpaired) electrons. The second kappa shape index (κ2) is 20.8. The Morgan fingerprint density at radius 3 is 1.20 bits per heavy atom.